The number of aliphatic hydroxyl groups is 3. The predicted molar refractivity (Wildman–Crippen MR) is 78.6 cm³/mol. The lowest BCUT2D eigenvalue weighted by atomic mass is 10.0. The Kier molecular flexibility index (Phi) is 4.73. The number of nitrogens with one attached hydrogen (secondary N) is 1. The molecule has 142 valence electrons. The molecule has 6 nitrogen and oxygen atoms in total. The van der Waals surface area contributed by atoms with Crippen LogP contribution in [0, 0.1) is 16.3 Å². The number of fused-ring (bicyclic) bond motifs is 1. The number of nitrogens with zero attached hydrogens (tertiary/aromatic N) is 1. The third-order valence-electron chi connectivity index (χ3n) is 4.03. The largest absolute Gasteiger partial charge is 0.436 e. The van der Waals surface area contributed by atoms with E-state index in [1.165, 1.54) is 0 Å². The highest BCUT2D eigenvalue weighted by molar-refractivity contribution is 7.71. The normalized spacial score (nSPS) is 26.6. The number of aromatic amines is 1. The van der Waals surface area contributed by atoms with Gasteiger partial charge < -0.3 is 25.0 Å². The van der Waals surface area contributed by atoms with E-state index < -0.39 is 65.6 Å². The van der Waals surface area contributed by atoms with E-state index in [1.807, 2.05) is 0 Å². The van der Waals surface area contributed by atoms with Crippen LogP contribution in [0.25, 0.3) is 11.0 Å². The molecule has 1 aliphatic heterocycles. The number of pyridine rings is 2. The molecule has 1 fully saturated rings. The summed E-state index contributed by atoms with van der Waals surface area (Å²) < 4.78 is 71.1. The lowest BCUT2D eigenvalue weighted by molar-refractivity contribution is -0.143. The van der Waals surface area contributed by atoms with Gasteiger partial charge in [0.1, 0.15) is 34.7 Å². The fraction of sp³-hybridized carbons (Fsp3) is 0.429. The summed E-state index contributed by atoms with van der Waals surface area (Å²) in [5.74, 6) is -3.98. The summed E-state index contributed by atoms with van der Waals surface area (Å²) in [7, 11) is 0. The Bertz CT molecular complexity index is 919. The van der Waals surface area contributed by atoms with Crippen LogP contribution >= 0.6 is 12.2 Å². The number of aliphatic hydroxyl groups excluding tert-OH is 3. The number of ether oxygens (including phenoxy) is 1. The summed E-state index contributed by atoms with van der Waals surface area (Å²) in [6, 6.07) is 0.889. The molecule has 1 unspecified atom stereocenters. The van der Waals surface area contributed by atoms with Crippen molar-refractivity contribution in [1.29, 1.82) is 0 Å². The minimum Gasteiger partial charge on any atom is -0.394 e. The molecule has 1 saturated heterocycles. The van der Waals surface area contributed by atoms with Crippen LogP contribution in [0.4, 0.5) is 22.0 Å². The standard InChI is InChI=1S/C14H11F5N2O4S/c15-6-3-1-4(10-9(24)8(23)5(2-22)25-10)13(26)21-12(3)20-11(7(6)16)14(17,18)19/h1,5,8-10,22-24H,2H2,(H,20,21,26)/t5-,8?,9+,10+/m1/s1. The smallest absolute Gasteiger partial charge is 0.394 e. The number of alkyl halides is 3. The molecule has 3 rings (SSSR count). The van der Waals surface area contributed by atoms with Crippen molar-refractivity contribution >= 4 is 23.3 Å². The van der Waals surface area contributed by atoms with Gasteiger partial charge in [-0.25, -0.2) is 13.8 Å². The van der Waals surface area contributed by atoms with Crippen molar-refractivity contribution in [3.05, 3.63) is 33.6 Å². The van der Waals surface area contributed by atoms with Gasteiger partial charge in [0.15, 0.2) is 17.3 Å². The number of halogens is 5. The highest BCUT2D eigenvalue weighted by atomic mass is 32.1. The van der Waals surface area contributed by atoms with E-state index in [4.69, 9.17) is 22.1 Å². The topological polar surface area (TPSA) is 98.6 Å². The molecule has 4 N–H and O–H groups in total. The zero-order chi connectivity index (χ0) is 19.4. The quantitative estimate of drug-likeness (QED) is 0.455. The number of H-pyrrole nitrogens is 1. The SMILES string of the molecule is OC[C@H]1O[C@@H](c2cc3c(F)c(F)c(C(F)(F)F)nc3[nH]c2=S)[C@@H](O)C1O. The monoisotopic (exact) mass is 398 g/mol. The second-order valence-corrected chi connectivity index (χ2v) is 6.07. The number of hydrogen-bond acceptors (Lipinski definition) is 6. The van der Waals surface area contributed by atoms with Crippen molar-refractivity contribution in [3.63, 3.8) is 0 Å². The van der Waals surface area contributed by atoms with E-state index >= 15 is 0 Å². The third-order valence-corrected chi connectivity index (χ3v) is 4.36. The van der Waals surface area contributed by atoms with Gasteiger partial charge in [-0.1, -0.05) is 12.2 Å². The van der Waals surface area contributed by atoms with Gasteiger partial charge in [-0.15, -0.1) is 0 Å². The molecular weight excluding hydrogens is 387 g/mol. The van der Waals surface area contributed by atoms with Crippen molar-refractivity contribution in [2.45, 2.75) is 30.6 Å². The lowest BCUT2D eigenvalue weighted by Gasteiger charge is -2.16. The Hall–Kier alpha value is -1.73. The molecule has 0 saturated carbocycles. The fourth-order valence-electron chi connectivity index (χ4n) is 2.73. The lowest BCUT2D eigenvalue weighted by Crippen LogP contribution is -2.32. The average molecular weight is 398 g/mol. The van der Waals surface area contributed by atoms with E-state index in [0.29, 0.717) is 0 Å². The molecule has 0 aromatic carbocycles. The van der Waals surface area contributed by atoms with Gasteiger partial charge in [0.05, 0.1) is 12.0 Å². The second kappa shape index (κ2) is 6.46. The molecule has 3 heterocycles. The molecule has 0 radical (unpaired) electrons. The zero-order valence-corrected chi connectivity index (χ0v) is 13.4. The Morgan fingerprint density at radius 2 is 1.85 bits per heavy atom. The zero-order valence-electron chi connectivity index (χ0n) is 12.6. The molecule has 4 atom stereocenters. The van der Waals surface area contributed by atoms with Gasteiger partial charge in [0, 0.05) is 5.56 Å². The van der Waals surface area contributed by atoms with Crippen LogP contribution in [0.5, 0.6) is 0 Å². The van der Waals surface area contributed by atoms with Crippen LogP contribution < -0.4 is 0 Å². The van der Waals surface area contributed by atoms with Crippen LogP contribution in [0.1, 0.15) is 17.4 Å². The minimum atomic E-state index is -5.21. The highest BCUT2D eigenvalue weighted by Crippen LogP contribution is 2.37. The molecule has 0 amide bonds. The average Bonchev–Trinajstić information content (AvgIpc) is 2.84. The summed E-state index contributed by atoms with van der Waals surface area (Å²) in [4.78, 5) is 5.29. The first-order valence-corrected chi connectivity index (χ1v) is 7.58. The molecular formula is C14H11F5N2O4S. The van der Waals surface area contributed by atoms with Crippen molar-refractivity contribution in [2.75, 3.05) is 6.61 Å². The molecule has 1 aliphatic rings. The molecule has 0 bridgehead atoms. The van der Waals surface area contributed by atoms with Crippen LogP contribution in [0.3, 0.4) is 0 Å². The Labute approximate surface area is 146 Å². The number of hydrogen-bond donors (Lipinski definition) is 4. The fourth-order valence-corrected chi connectivity index (χ4v) is 3.00. The van der Waals surface area contributed by atoms with E-state index in [9.17, 15) is 32.2 Å². The summed E-state index contributed by atoms with van der Waals surface area (Å²) in [5, 5.41) is 28.2. The van der Waals surface area contributed by atoms with E-state index in [0.717, 1.165) is 6.07 Å². The molecule has 26 heavy (non-hydrogen) atoms. The summed E-state index contributed by atoms with van der Waals surface area (Å²) in [5.41, 5.74) is -2.78. The van der Waals surface area contributed by atoms with Gasteiger partial charge >= 0.3 is 6.18 Å². The van der Waals surface area contributed by atoms with Crippen molar-refractivity contribution in [2.24, 2.45) is 0 Å². The minimum absolute atomic E-state index is 0.102. The van der Waals surface area contributed by atoms with Crippen LogP contribution in [0.2, 0.25) is 0 Å². The van der Waals surface area contributed by atoms with Gasteiger partial charge in [0.25, 0.3) is 0 Å². The van der Waals surface area contributed by atoms with E-state index in [-0.39, 0.29) is 10.2 Å². The number of rotatable bonds is 2. The molecule has 2 aromatic heterocycles. The highest BCUT2D eigenvalue weighted by Gasteiger charge is 2.44. The van der Waals surface area contributed by atoms with Crippen molar-refractivity contribution in [1.82, 2.24) is 9.97 Å². The summed E-state index contributed by atoms with van der Waals surface area (Å²) in [6.45, 7) is -0.627. The molecule has 0 aliphatic carbocycles. The molecule has 0 spiro atoms. The molecule has 2 aromatic rings. The third kappa shape index (κ3) is 2.97. The van der Waals surface area contributed by atoms with E-state index in [2.05, 4.69) is 9.97 Å². The Morgan fingerprint density at radius 1 is 1.19 bits per heavy atom. The maximum atomic E-state index is 14.1. The molecule has 12 heteroatoms. The van der Waals surface area contributed by atoms with Crippen LogP contribution in [0.15, 0.2) is 6.07 Å². The maximum absolute atomic E-state index is 14.1. The van der Waals surface area contributed by atoms with Gasteiger partial charge in [-0.3, -0.25) is 0 Å². The summed E-state index contributed by atoms with van der Waals surface area (Å²) in [6.07, 6.45) is -10.7. The first-order valence-electron chi connectivity index (χ1n) is 7.17. The summed E-state index contributed by atoms with van der Waals surface area (Å²) >= 11 is 4.97. The van der Waals surface area contributed by atoms with Crippen LogP contribution in [-0.4, -0.2) is 50.2 Å². The second-order valence-electron chi connectivity index (χ2n) is 5.66. The van der Waals surface area contributed by atoms with Gasteiger partial charge in [-0.2, -0.15) is 13.2 Å². The number of aromatic nitrogens is 2. The first-order chi connectivity index (χ1) is 12.1. The van der Waals surface area contributed by atoms with Crippen LogP contribution in [-0.2, 0) is 10.9 Å². The predicted octanol–water partition coefficient (Wildman–Crippen LogP) is 1.74. The maximum Gasteiger partial charge on any atom is 0.436 e. The Balaban J connectivity index is 2.18. The van der Waals surface area contributed by atoms with Crippen molar-refractivity contribution < 1.29 is 42.0 Å². The first kappa shape index (κ1) is 19.0. The Morgan fingerprint density at radius 3 is 2.38 bits per heavy atom. The van der Waals surface area contributed by atoms with Gasteiger partial charge in [0.2, 0.25) is 0 Å². The van der Waals surface area contributed by atoms with Gasteiger partial charge in [-0.05, 0) is 6.07 Å². The van der Waals surface area contributed by atoms with Crippen molar-refractivity contribution in [3.8, 4) is 0 Å². The van der Waals surface area contributed by atoms with E-state index in [1.54, 1.807) is 0 Å².